The SMILES string of the molecule is Clc1ccccc1CNc1cccc(Cl)c1Cl. The Hall–Kier alpha value is -0.890. The first kappa shape index (κ1) is 12.6. The molecule has 0 aromatic heterocycles. The Labute approximate surface area is 115 Å². The summed E-state index contributed by atoms with van der Waals surface area (Å²) in [5.74, 6) is 0. The van der Waals surface area contributed by atoms with E-state index in [-0.39, 0.29) is 0 Å². The van der Waals surface area contributed by atoms with Crippen molar-refractivity contribution in [3.8, 4) is 0 Å². The number of rotatable bonds is 3. The topological polar surface area (TPSA) is 12.0 Å². The van der Waals surface area contributed by atoms with Crippen LogP contribution in [0.2, 0.25) is 15.1 Å². The van der Waals surface area contributed by atoms with Gasteiger partial charge in [-0.15, -0.1) is 0 Å². The van der Waals surface area contributed by atoms with E-state index in [1.807, 2.05) is 36.4 Å². The second kappa shape index (κ2) is 5.63. The molecule has 88 valence electrons. The Kier molecular flexibility index (Phi) is 4.16. The van der Waals surface area contributed by atoms with Crippen LogP contribution in [0.5, 0.6) is 0 Å². The summed E-state index contributed by atoms with van der Waals surface area (Å²) in [5, 5.41) is 5.01. The van der Waals surface area contributed by atoms with Crippen LogP contribution >= 0.6 is 34.8 Å². The molecule has 0 bridgehead atoms. The van der Waals surface area contributed by atoms with E-state index in [4.69, 9.17) is 34.8 Å². The summed E-state index contributed by atoms with van der Waals surface area (Å²) in [4.78, 5) is 0. The Balaban J connectivity index is 2.13. The Morgan fingerprint density at radius 2 is 1.53 bits per heavy atom. The highest BCUT2D eigenvalue weighted by Crippen LogP contribution is 2.30. The average molecular weight is 287 g/mol. The van der Waals surface area contributed by atoms with Gasteiger partial charge in [-0.3, -0.25) is 0 Å². The van der Waals surface area contributed by atoms with Gasteiger partial charge in [-0.25, -0.2) is 0 Å². The summed E-state index contributed by atoms with van der Waals surface area (Å²) in [5.41, 5.74) is 1.82. The molecular formula is C13H10Cl3N. The van der Waals surface area contributed by atoms with Crippen LogP contribution in [0, 0.1) is 0 Å². The van der Waals surface area contributed by atoms with Crippen molar-refractivity contribution in [2.45, 2.75) is 6.54 Å². The molecule has 0 atom stereocenters. The van der Waals surface area contributed by atoms with Crippen molar-refractivity contribution in [2.75, 3.05) is 5.32 Å². The maximum Gasteiger partial charge on any atom is 0.0823 e. The molecule has 0 saturated heterocycles. The second-order valence-corrected chi connectivity index (χ2v) is 4.74. The van der Waals surface area contributed by atoms with E-state index in [1.165, 1.54) is 0 Å². The molecule has 0 aliphatic heterocycles. The molecule has 0 saturated carbocycles. The first-order valence-electron chi connectivity index (χ1n) is 5.10. The lowest BCUT2D eigenvalue weighted by Gasteiger charge is -2.10. The fourth-order valence-electron chi connectivity index (χ4n) is 1.47. The molecule has 0 radical (unpaired) electrons. The molecule has 0 unspecified atom stereocenters. The van der Waals surface area contributed by atoms with Gasteiger partial charge in [0.25, 0.3) is 0 Å². The van der Waals surface area contributed by atoms with Crippen LogP contribution in [-0.2, 0) is 6.54 Å². The molecule has 1 N–H and O–H groups in total. The van der Waals surface area contributed by atoms with Crippen molar-refractivity contribution < 1.29 is 0 Å². The molecule has 0 aliphatic carbocycles. The van der Waals surface area contributed by atoms with Gasteiger partial charge in [-0.2, -0.15) is 0 Å². The smallest absolute Gasteiger partial charge is 0.0823 e. The third-order valence-electron chi connectivity index (χ3n) is 2.38. The summed E-state index contributed by atoms with van der Waals surface area (Å²) in [7, 11) is 0. The third-order valence-corrected chi connectivity index (χ3v) is 3.57. The largest absolute Gasteiger partial charge is 0.380 e. The molecule has 0 amide bonds. The Bertz CT molecular complexity index is 526. The lowest BCUT2D eigenvalue weighted by Crippen LogP contribution is -2.00. The highest BCUT2D eigenvalue weighted by molar-refractivity contribution is 6.43. The van der Waals surface area contributed by atoms with Crippen molar-refractivity contribution in [3.63, 3.8) is 0 Å². The van der Waals surface area contributed by atoms with Crippen LogP contribution < -0.4 is 5.32 Å². The molecule has 0 spiro atoms. The zero-order valence-corrected chi connectivity index (χ0v) is 11.2. The van der Waals surface area contributed by atoms with Gasteiger partial charge in [0.15, 0.2) is 0 Å². The van der Waals surface area contributed by atoms with Gasteiger partial charge in [0.05, 0.1) is 15.7 Å². The molecule has 0 fully saturated rings. The number of anilines is 1. The van der Waals surface area contributed by atoms with Crippen LogP contribution in [0.25, 0.3) is 0 Å². The molecule has 17 heavy (non-hydrogen) atoms. The fraction of sp³-hybridized carbons (Fsp3) is 0.0769. The van der Waals surface area contributed by atoms with E-state index in [0.29, 0.717) is 16.6 Å². The van der Waals surface area contributed by atoms with Gasteiger partial charge >= 0.3 is 0 Å². The van der Waals surface area contributed by atoms with Crippen LogP contribution in [0.3, 0.4) is 0 Å². The van der Waals surface area contributed by atoms with Gasteiger partial charge in [0.1, 0.15) is 0 Å². The van der Waals surface area contributed by atoms with Crippen molar-refractivity contribution >= 4 is 40.5 Å². The highest BCUT2D eigenvalue weighted by atomic mass is 35.5. The number of nitrogens with one attached hydrogen (secondary N) is 1. The van der Waals surface area contributed by atoms with Gasteiger partial charge in [-0.05, 0) is 23.8 Å². The fourth-order valence-corrected chi connectivity index (χ4v) is 2.04. The van der Waals surface area contributed by atoms with Crippen molar-refractivity contribution in [1.29, 1.82) is 0 Å². The minimum Gasteiger partial charge on any atom is -0.380 e. The number of hydrogen-bond acceptors (Lipinski definition) is 1. The molecule has 2 aromatic rings. The van der Waals surface area contributed by atoms with Gasteiger partial charge in [-0.1, -0.05) is 59.1 Å². The van der Waals surface area contributed by atoms with E-state index in [1.54, 1.807) is 6.07 Å². The average Bonchev–Trinajstić information content (AvgIpc) is 2.33. The van der Waals surface area contributed by atoms with Crippen LogP contribution in [0.4, 0.5) is 5.69 Å². The normalized spacial score (nSPS) is 10.3. The van der Waals surface area contributed by atoms with Gasteiger partial charge in [0.2, 0.25) is 0 Å². The first-order chi connectivity index (χ1) is 8.18. The van der Waals surface area contributed by atoms with Crippen LogP contribution in [0.1, 0.15) is 5.56 Å². The van der Waals surface area contributed by atoms with E-state index in [9.17, 15) is 0 Å². The monoisotopic (exact) mass is 285 g/mol. The van der Waals surface area contributed by atoms with E-state index >= 15 is 0 Å². The molecule has 0 heterocycles. The molecule has 1 nitrogen and oxygen atoms in total. The quantitative estimate of drug-likeness (QED) is 0.811. The zero-order chi connectivity index (χ0) is 12.3. The lowest BCUT2D eigenvalue weighted by molar-refractivity contribution is 1.15. The minimum atomic E-state index is 0.529. The maximum atomic E-state index is 6.07. The van der Waals surface area contributed by atoms with E-state index in [0.717, 1.165) is 16.3 Å². The van der Waals surface area contributed by atoms with Crippen molar-refractivity contribution in [1.82, 2.24) is 0 Å². The van der Waals surface area contributed by atoms with E-state index in [2.05, 4.69) is 5.32 Å². The third kappa shape index (κ3) is 3.06. The summed E-state index contributed by atoms with van der Waals surface area (Å²) in [6.45, 7) is 0.611. The van der Waals surface area contributed by atoms with Gasteiger partial charge < -0.3 is 5.32 Å². The first-order valence-corrected chi connectivity index (χ1v) is 6.23. The molecule has 4 heteroatoms. The Morgan fingerprint density at radius 1 is 0.824 bits per heavy atom. The molecular weight excluding hydrogens is 277 g/mol. The maximum absolute atomic E-state index is 6.07. The van der Waals surface area contributed by atoms with Crippen LogP contribution in [-0.4, -0.2) is 0 Å². The standard InChI is InChI=1S/C13H10Cl3N/c14-10-5-2-1-4-9(10)8-17-12-7-3-6-11(15)13(12)16/h1-7,17H,8H2. The predicted molar refractivity (Wildman–Crippen MR) is 75.2 cm³/mol. The summed E-state index contributed by atoms with van der Waals surface area (Å²) >= 11 is 18.1. The zero-order valence-electron chi connectivity index (χ0n) is 8.88. The molecule has 2 aromatic carbocycles. The second-order valence-electron chi connectivity index (χ2n) is 3.55. The molecule has 2 rings (SSSR count). The lowest BCUT2D eigenvalue weighted by atomic mass is 10.2. The van der Waals surface area contributed by atoms with Gasteiger partial charge in [0, 0.05) is 11.6 Å². The summed E-state index contributed by atoms with van der Waals surface area (Å²) in [6, 6.07) is 13.2. The highest BCUT2D eigenvalue weighted by Gasteiger charge is 2.04. The van der Waals surface area contributed by atoms with E-state index < -0.39 is 0 Å². The summed E-state index contributed by atoms with van der Waals surface area (Å²) in [6.07, 6.45) is 0. The minimum absolute atomic E-state index is 0.529. The Morgan fingerprint density at radius 3 is 2.29 bits per heavy atom. The van der Waals surface area contributed by atoms with Crippen molar-refractivity contribution in [3.05, 3.63) is 63.1 Å². The predicted octanol–water partition coefficient (Wildman–Crippen LogP) is 5.26. The number of halogens is 3. The molecule has 0 aliphatic rings. The summed E-state index contributed by atoms with van der Waals surface area (Å²) < 4.78 is 0. The van der Waals surface area contributed by atoms with Crippen LogP contribution in [0.15, 0.2) is 42.5 Å². The number of benzene rings is 2. The van der Waals surface area contributed by atoms with Crippen molar-refractivity contribution in [2.24, 2.45) is 0 Å². The number of hydrogen-bond donors (Lipinski definition) is 1.